The summed E-state index contributed by atoms with van der Waals surface area (Å²) in [6, 6.07) is 16.6. The molecule has 0 saturated carbocycles. The number of nitrogens with zero attached hydrogens (tertiary/aromatic N) is 4. The lowest BCUT2D eigenvalue weighted by atomic mass is 10.0. The van der Waals surface area contributed by atoms with Crippen LogP contribution in [0.5, 0.6) is 0 Å². The number of benzene rings is 4. The average molecular weight is 1540 g/mol. The summed E-state index contributed by atoms with van der Waals surface area (Å²) in [5.41, 5.74) is 21.8. The molecule has 0 radical (unpaired) electrons. The second-order valence-corrected chi connectivity index (χ2v) is 27.3. The minimum Gasteiger partial charge on any atom is -0.633 e. The highest BCUT2D eigenvalue weighted by Gasteiger charge is 2.32. The summed E-state index contributed by atoms with van der Waals surface area (Å²) >= 11 is 0. The quantitative estimate of drug-likeness (QED) is 0.00932. The van der Waals surface area contributed by atoms with Gasteiger partial charge in [0.15, 0.2) is 0 Å². The predicted octanol–water partition coefficient (Wildman–Crippen LogP) is 10.6. The Morgan fingerprint density at radius 2 is 0.812 bits per heavy atom. The van der Waals surface area contributed by atoms with Gasteiger partial charge in [-0.15, -0.1) is 0 Å². The van der Waals surface area contributed by atoms with Gasteiger partial charge >= 0.3 is 0 Å². The topological polar surface area (TPSA) is 359 Å². The first-order chi connectivity index (χ1) is 53.2. The zero-order valence-corrected chi connectivity index (χ0v) is 65.2. The summed E-state index contributed by atoms with van der Waals surface area (Å²) in [5, 5.41) is 48.3. The smallest absolute Gasteiger partial charge is 0.256 e. The number of carbonyl (C=O) groups excluding carboxylic acids is 8. The largest absolute Gasteiger partial charge is 0.633 e. The Hall–Kier alpha value is -11.8. The lowest BCUT2D eigenvalue weighted by molar-refractivity contribution is -0.875. The van der Waals surface area contributed by atoms with E-state index in [1.54, 1.807) is 44.2 Å². The molecular weight excluding hydrogens is 1440 g/mol. The summed E-state index contributed by atoms with van der Waals surface area (Å²) in [6.45, 7) is 27.5. The number of likely N-dealkylation sites (N-methyl/N-ethyl adjacent to an activating group) is 3. The van der Waals surface area contributed by atoms with E-state index in [0.29, 0.717) is 183 Å². The first kappa shape index (κ1) is 84.2. The molecule has 8 amide bonds. The van der Waals surface area contributed by atoms with Gasteiger partial charge in [0, 0.05) is 150 Å². The standard InChI is InChI=1S/C23H29FN4O3.C21H25FN4O3.C20H23FN4O2.C18H19FN4O2/c1-6-28(31,7-2)11-10-25-23(30)21-14(3)20(27(5)15(21)4)13-18-17-12-16(24)8-9-19(17)26-22(18)29;1-5-26(29)9-8-23-21(28)19-12(2)18(25(4)13(19)3)11-16-15-10-14(22)6-7-17(15)24-20(16)27;1-4-22-7-8-23-20(27)18-11(2)17(24-12(18)3)10-15-14-9-13(21)5-6-16(14)25-19(15)26;1-9-15(22-10(2)16(9)18(25)21-6-5-20)8-13-12-7-11(19)3-4-14(12)23-17(13)24/h8-9,12-13H,6-7,10-11H2,1-5H3,(H,25,30)(H,26,29);6-7,10-11,29H,5,8-9H2,1-4H3,(H,23,28)(H,24,27);5-6,9-10,22,24H,4,7-8H2,1-3H3,(H,23,27)(H,25,26);3-4,7-8,22H,5-6,20H2,1-2H3,(H,21,25)(H,23,24)/b18-13-;16-11-;15-10-;13-8-. The Morgan fingerprint density at radius 1 is 0.482 bits per heavy atom. The second-order valence-electron chi connectivity index (χ2n) is 27.3. The fourth-order valence-electron chi connectivity index (χ4n) is 13.7. The Balaban J connectivity index is 0.000000172. The summed E-state index contributed by atoms with van der Waals surface area (Å²) in [7, 11) is 3.63. The van der Waals surface area contributed by atoms with Crippen molar-refractivity contribution in [2.45, 2.75) is 83.1 Å². The fourth-order valence-corrected chi connectivity index (χ4v) is 13.7. The van der Waals surface area contributed by atoms with Crippen molar-refractivity contribution in [2.24, 2.45) is 19.8 Å². The number of nitrogens with two attached hydrogens (primary N) is 1. The van der Waals surface area contributed by atoms with E-state index in [1.165, 1.54) is 66.7 Å². The van der Waals surface area contributed by atoms with E-state index in [0.717, 1.165) is 50.9 Å². The van der Waals surface area contributed by atoms with Crippen LogP contribution in [0.1, 0.15) is 159 Å². The van der Waals surface area contributed by atoms with E-state index >= 15 is 0 Å². The van der Waals surface area contributed by atoms with Crippen LogP contribution in [-0.4, -0.2) is 160 Å². The van der Waals surface area contributed by atoms with Gasteiger partial charge in [-0.1, -0.05) is 13.8 Å². The van der Waals surface area contributed by atoms with Crippen molar-refractivity contribution in [3.63, 3.8) is 0 Å². The Bertz CT molecular complexity index is 5170. The van der Waals surface area contributed by atoms with E-state index in [2.05, 4.69) is 57.8 Å². The lowest BCUT2D eigenvalue weighted by Crippen LogP contribution is -2.46. The fraction of sp³-hybridized carbons (Fsp3) is 0.317. The highest BCUT2D eigenvalue weighted by Crippen LogP contribution is 2.40. The van der Waals surface area contributed by atoms with Crippen molar-refractivity contribution >= 4 is 117 Å². The van der Waals surface area contributed by atoms with Crippen LogP contribution in [-0.2, 0) is 33.3 Å². The van der Waals surface area contributed by atoms with Crippen molar-refractivity contribution < 1.29 is 65.8 Å². The SMILES string of the molecule is CCN(O)CCNC(=O)c1c(C)c(/C=C2\C(=O)Nc3ccc(F)cc32)n(C)c1C.CCNCCNC(=O)c1c(C)[nH]c(/C=C2\C(=O)Nc3ccc(F)cc32)c1C.CC[N+]([O-])(CC)CCNC(=O)c1c(C)c(/C=C2\C(=O)Nc3ccc(F)cc32)n(C)c1C.Cc1[nH]c(/C=C2\C(=O)Nc3ccc(F)cc32)c(C)c1C(=O)NCCN. The highest BCUT2D eigenvalue weighted by molar-refractivity contribution is 6.37. The molecule has 30 heteroatoms. The maximum atomic E-state index is 13.7. The Kier molecular flexibility index (Phi) is 27.3. The third-order valence-corrected chi connectivity index (χ3v) is 20.3. The molecule has 0 spiro atoms. The molecule has 8 aromatic rings. The van der Waals surface area contributed by atoms with Crippen LogP contribution in [0.15, 0.2) is 72.8 Å². The number of hydrogen-bond acceptors (Lipinski definition) is 13. The van der Waals surface area contributed by atoms with E-state index in [1.807, 2.05) is 92.5 Å². The molecule has 4 aliphatic heterocycles. The molecule has 4 aliphatic rings. The number of nitrogens with one attached hydrogen (secondary N) is 11. The number of amides is 8. The van der Waals surface area contributed by atoms with Gasteiger partial charge in [0.1, 0.15) is 23.3 Å². The minimum atomic E-state index is -0.423. The van der Waals surface area contributed by atoms with E-state index in [9.17, 15) is 66.3 Å². The monoisotopic (exact) mass is 1540 g/mol. The third-order valence-electron chi connectivity index (χ3n) is 20.3. The van der Waals surface area contributed by atoms with Crippen LogP contribution >= 0.6 is 0 Å². The number of anilines is 4. The molecule has 26 nitrogen and oxygen atoms in total. The molecule has 112 heavy (non-hydrogen) atoms. The van der Waals surface area contributed by atoms with Gasteiger partial charge in [-0.05, 0) is 195 Å². The molecule has 0 unspecified atom stereocenters. The van der Waals surface area contributed by atoms with Gasteiger partial charge < -0.3 is 87.7 Å². The van der Waals surface area contributed by atoms with Crippen LogP contribution in [0, 0.1) is 83.9 Å². The van der Waals surface area contributed by atoms with Crippen LogP contribution < -0.4 is 53.6 Å². The van der Waals surface area contributed by atoms with Crippen LogP contribution in [0.2, 0.25) is 0 Å². The summed E-state index contributed by atoms with van der Waals surface area (Å²) in [6.07, 6.45) is 6.68. The predicted molar refractivity (Wildman–Crippen MR) is 427 cm³/mol. The molecule has 4 aromatic heterocycles. The van der Waals surface area contributed by atoms with Crippen molar-refractivity contribution in [1.82, 2.24) is 50.7 Å². The molecule has 0 fully saturated rings. The van der Waals surface area contributed by atoms with Gasteiger partial charge in [0.25, 0.3) is 47.3 Å². The number of hydrogen-bond donors (Lipinski definition) is 13. The lowest BCUT2D eigenvalue weighted by Gasteiger charge is -2.41. The van der Waals surface area contributed by atoms with E-state index < -0.39 is 23.3 Å². The van der Waals surface area contributed by atoms with Gasteiger partial charge in [0.2, 0.25) is 0 Å². The maximum absolute atomic E-state index is 13.7. The van der Waals surface area contributed by atoms with Crippen molar-refractivity contribution in [1.29, 1.82) is 0 Å². The minimum absolute atomic E-state index is 0.161. The molecule has 8 heterocycles. The van der Waals surface area contributed by atoms with Crippen LogP contribution in [0.3, 0.4) is 0 Å². The van der Waals surface area contributed by atoms with Crippen molar-refractivity contribution in [3.05, 3.63) is 214 Å². The summed E-state index contributed by atoms with van der Waals surface area (Å²) in [5.74, 6) is -3.76. The van der Waals surface area contributed by atoms with Gasteiger partial charge in [-0.2, -0.15) is 5.06 Å². The Morgan fingerprint density at radius 3 is 1.15 bits per heavy atom. The van der Waals surface area contributed by atoms with Gasteiger partial charge in [-0.25, -0.2) is 17.6 Å². The number of fused-ring (bicyclic) bond motifs is 4. The maximum Gasteiger partial charge on any atom is 0.256 e. The number of aromatic amines is 2. The molecule has 0 aliphatic carbocycles. The molecular formula is C82H96F4N16O10. The van der Waals surface area contributed by atoms with Gasteiger partial charge in [0.05, 0.1) is 70.7 Å². The van der Waals surface area contributed by atoms with Gasteiger partial charge in [-0.3, -0.25) is 38.4 Å². The molecule has 0 bridgehead atoms. The first-order valence-electron chi connectivity index (χ1n) is 36.8. The number of rotatable bonds is 23. The molecule has 14 N–H and O–H groups in total. The second kappa shape index (κ2) is 36.4. The number of quaternary nitrogens is 1. The zero-order valence-electron chi connectivity index (χ0n) is 65.2. The molecule has 592 valence electrons. The Labute approximate surface area is 646 Å². The van der Waals surface area contributed by atoms with Crippen molar-refractivity contribution in [3.8, 4) is 0 Å². The summed E-state index contributed by atoms with van der Waals surface area (Å²) < 4.78 is 57.9. The number of H-pyrrole nitrogens is 2. The number of aromatic nitrogens is 4. The number of carbonyl (C=O) groups is 8. The van der Waals surface area contributed by atoms with Crippen LogP contribution in [0.4, 0.5) is 40.3 Å². The molecule has 0 saturated heterocycles. The van der Waals surface area contributed by atoms with Crippen molar-refractivity contribution in [2.75, 3.05) is 99.8 Å². The van der Waals surface area contributed by atoms with E-state index in [4.69, 9.17) is 5.73 Å². The van der Waals surface area contributed by atoms with Crippen LogP contribution in [0.25, 0.3) is 46.6 Å². The molecule has 4 aromatic carbocycles. The highest BCUT2D eigenvalue weighted by atomic mass is 19.1. The first-order valence-corrected chi connectivity index (χ1v) is 36.8. The number of aryl methyl sites for hydroxylation is 2. The molecule has 0 atom stereocenters. The third kappa shape index (κ3) is 18.6. The van der Waals surface area contributed by atoms with E-state index in [-0.39, 0.29) is 58.4 Å². The summed E-state index contributed by atoms with van der Waals surface area (Å²) in [4.78, 5) is 106. The normalized spacial score (nSPS) is 14.5. The number of hydroxylamine groups is 5. The molecule has 12 rings (SSSR count). The number of halogens is 4. The zero-order chi connectivity index (χ0) is 81.9. The average Bonchev–Trinajstić information content (AvgIpc) is 1.63.